The maximum Gasteiger partial charge on any atom is 0.366 e. The van der Waals surface area contributed by atoms with Crippen LogP contribution in [0.3, 0.4) is 0 Å². The van der Waals surface area contributed by atoms with Crippen LogP contribution in [0, 0.1) is 0 Å². The van der Waals surface area contributed by atoms with Gasteiger partial charge >= 0.3 is 5.92 Å². The van der Waals surface area contributed by atoms with Crippen LogP contribution in [0.25, 0.3) is 0 Å². The van der Waals surface area contributed by atoms with Crippen LogP contribution in [0.15, 0.2) is 24.4 Å². The number of carbonyl (C=O) groups is 1. The van der Waals surface area contributed by atoms with E-state index in [2.05, 4.69) is 4.98 Å². The molecule has 1 fully saturated rings. The van der Waals surface area contributed by atoms with Gasteiger partial charge in [-0.25, -0.2) is 0 Å². The molecule has 1 aromatic heterocycles. The van der Waals surface area contributed by atoms with Crippen LogP contribution in [0.1, 0.15) is 25.0 Å². The maximum absolute atomic E-state index is 13.9. The molecule has 0 N–H and O–H groups in total. The summed E-state index contributed by atoms with van der Waals surface area (Å²) in [4.78, 5) is 16.6. The van der Waals surface area contributed by atoms with Gasteiger partial charge in [-0.15, -0.1) is 0 Å². The normalized spacial score (nSPS) is 16.9. The number of hydrogen-bond donors (Lipinski definition) is 0. The Morgan fingerprint density at radius 3 is 2.53 bits per heavy atom. The number of amides is 1. The lowest BCUT2D eigenvalue weighted by molar-refractivity contribution is -0.160. The van der Waals surface area contributed by atoms with Crippen molar-refractivity contribution in [3.8, 4) is 0 Å². The highest BCUT2D eigenvalue weighted by molar-refractivity contribution is 5.84. The van der Waals surface area contributed by atoms with Crippen molar-refractivity contribution in [2.45, 2.75) is 25.2 Å². The van der Waals surface area contributed by atoms with Crippen LogP contribution in [-0.2, 0) is 10.7 Å². The van der Waals surface area contributed by atoms with Gasteiger partial charge in [0, 0.05) is 19.3 Å². The highest BCUT2D eigenvalue weighted by Gasteiger charge is 2.45. The van der Waals surface area contributed by atoms with Gasteiger partial charge in [0.05, 0.1) is 0 Å². The molecule has 0 aromatic carbocycles. The molecule has 0 radical (unpaired) electrons. The van der Waals surface area contributed by atoms with E-state index in [1.54, 1.807) is 6.07 Å². The maximum atomic E-state index is 13.9. The number of alkyl halides is 2. The Morgan fingerprint density at radius 1 is 1.24 bits per heavy atom. The predicted octanol–water partition coefficient (Wildman–Crippen LogP) is 2.19. The van der Waals surface area contributed by atoms with E-state index in [4.69, 9.17) is 0 Å². The zero-order valence-corrected chi connectivity index (χ0v) is 9.40. The minimum Gasteiger partial charge on any atom is -0.337 e. The molecule has 0 bridgehead atoms. The van der Waals surface area contributed by atoms with Crippen LogP contribution in [-0.4, -0.2) is 28.9 Å². The van der Waals surface area contributed by atoms with Crippen molar-refractivity contribution in [1.82, 2.24) is 9.88 Å². The molecule has 1 aliphatic heterocycles. The van der Waals surface area contributed by atoms with Gasteiger partial charge in [0.15, 0.2) is 0 Å². The van der Waals surface area contributed by atoms with Gasteiger partial charge in [0.2, 0.25) is 0 Å². The summed E-state index contributed by atoms with van der Waals surface area (Å²) in [5.74, 6) is -4.64. The summed E-state index contributed by atoms with van der Waals surface area (Å²) in [5.41, 5.74) is -0.476. The summed E-state index contributed by atoms with van der Waals surface area (Å²) in [6, 6.07) is 4.19. The average Bonchev–Trinajstić information content (AvgIpc) is 2.40. The van der Waals surface area contributed by atoms with E-state index in [0.717, 1.165) is 19.3 Å². The Kier molecular flexibility index (Phi) is 3.36. The van der Waals surface area contributed by atoms with Crippen molar-refractivity contribution in [3.05, 3.63) is 30.1 Å². The average molecular weight is 240 g/mol. The van der Waals surface area contributed by atoms with E-state index >= 15 is 0 Å². The SMILES string of the molecule is O=C(N1CCCCC1)C(F)(F)c1ccccn1. The predicted molar refractivity (Wildman–Crippen MR) is 58.6 cm³/mol. The minimum absolute atomic E-state index is 0.418. The fourth-order valence-electron chi connectivity index (χ4n) is 1.95. The second-order valence-corrected chi connectivity index (χ2v) is 4.14. The fraction of sp³-hybridized carbons (Fsp3) is 0.500. The number of hydrogen-bond acceptors (Lipinski definition) is 2. The molecule has 0 saturated carbocycles. The van der Waals surface area contributed by atoms with Gasteiger partial charge in [0.1, 0.15) is 5.69 Å². The summed E-state index contributed by atoms with van der Waals surface area (Å²) in [7, 11) is 0. The van der Waals surface area contributed by atoms with Gasteiger partial charge in [-0.1, -0.05) is 6.07 Å². The van der Waals surface area contributed by atoms with Gasteiger partial charge in [-0.3, -0.25) is 9.78 Å². The molecule has 0 unspecified atom stereocenters. The summed E-state index contributed by atoms with van der Waals surface area (Å²) >= 11 is 0. The summed E-state index contributed by atoms with van der Waals surface area (Å²) in [6.45, 7) is 0.836. The smallest absolute Gasteiger partial charge is 0.337 e. The Balaban J connectivity index is 2.17. The van der Waals surface area contributed by atoms with Crippen LogP contribution in [0.2, 0.25) is 0 Å². The summed E-state index contributed by atoms with van der Waals surface area (Å²) < 4.78 is 27.8. The molecule has 0 atom stereocenters. The number of pyridine rings is 1. The molecule has 92 valence electrons. The fourth-order valence-corrected chi connectivity index (χ4v) is 1.95. The van der Waals surface area contributed by atoms with E-state index in [-0.39, 0.29) is 0 Å². The van der Waals surface area contributed by atoms with Gasteiger partial charge < -0.3 is 4.90 Å². The Bertz CT molecular complexity index is 389. The first-order chi connectivity index (χ1) is 8.12. The van der Waals surface area contributed by atoms with Crippen molar-refractivity contribution in [3.63, 3.8) is 0 Å². The number of nitrogens with zero attached hydrogens (tertiary/aromatic N) is 2. The molecule has 1 aliphatic rings. The Hall–Kier alpha value is -1.52. The quantitative estimate of drug-likeness (QED) is 0.793. The highest BCUT2D eigenvalue weighted by Crippen LogP contribution is 2.29. The molecule has 1 amide bonds. The minimum atomic E-state index is -3.52. The lowest BCUT2D eigenvalue weighted by Crippen LogP contribution is -2.44. The van der Waals surface area contributed by atoms with E-state index in [0.29, 0.717) is 13.1 Å². The van der Waals surface area contributed by atoms with Gasteiger partial charge in [-0.05, 0) is 31.4 Å². The van der Waals surface area contributed by atoms with E-state index in [1.807, 2.05) is 0 Å². The molecule has 0 aliphatic carbocycles. The first-order valence-electron chi connectivity index (χ1n) is 5.71. The molecule has 0 spiro atoms. The standard InChI is InChI=1S/C12H14F2N2O/c13-12(14,10-6-2-3-7-15-10)11(17)16-8-4-1-5-9-16/h2-3,6-7H,1,4-5,8-9H2. The van der Waals surface area contributed by atoms with Crippen molar-refractivity contribution in [2.24, 2.45) is 0 Å². The van der Waals surface area contributed by atoms with Gasteiger partial charge in [-0.2, -0.15) is 8.78 Å². The summed E-state index contributed by atoms with van der Waals surface area (Å²) in [6.07, 6.45) is 3.86. The third-order valence-corrected chi connectivity index (χ3v) is 2.90. The van der Waals surface area contributed by atoms with Crippen molar-refractivity contribution >= 4 is 5.91 Å². The Labute approximate surface area is 98.5 Å². The molecule has 1 saturated heterocycles. The van der Waals surface area contributed by atoms with E-state index < -0.39 is 17.5 Å². The van der Waals surface area contributed by atoms with Crippen molar-refractivity contribution < 1.29 is 13.6 Å². The van der Waals surface area contributed by atoms with Crippen LogP contribution in [0.5, 0.6) is 0 Å². The number of aromatic nitrogens is 1. The second kappa shape index (κ2) is 4.77. The monoisotopic (exact) mass is 240 g/mol. The molecular formula is C12H14F2N2O. The van der Waals surface area contributed by atoms with Gasteiger partial charge in [0.25, 0.3) is 5.91 Å². The lowest BCUT2D eigenvalue weighted by Gasteiger charge is -2.29. The zero-order valence-electron chi connectivity index (χ0n) is 9.40. The van der Waals surface area contributed by atoms with Crippen LogP contribution in [0.4, 0.5) is 8.78 Å². The number of rotatable bonds is 2. The molecule has 5 heteroatoms. The van der Waals surface area contributed by atoms with Crippen molar-refractivity contribution in [1.29, 1.82) is 0 Å². The Morgan fingerprint density at radius 2 is 1.94 bits per heavy atom. The molecule has 1 aromatic rings. The van der Waals surface area contributed by atoms with Crippen LogP contribution < -0.4 is 0 Å². The zero-order chi connectivity index (χ0) is 12.3. The first-order valence-corrected chi connectivity index (χ1v) is 5.71. The third-order valence-electron chi connectivity index (χ3n) is 2.90. The molecule has 2 rings (SSSR count). The number of likely N-dealkylation sites (tertiary alicyclic amines) is 1. The lowest BCUT2D eigenvalue weighted by atomic mass is 10.1. The van der Waals surface area contributed by atoms with E-state index in [1.165, 1.54) is 23.2 Å². The molecule has 3 nitrogen and oxygen atoms in total. The molecular weight excluding hydrogens is 226 g/mol. The number of halogens is 2. The second-order valence-electron chi connectivity index (χ2n) is 4.14. The largest absolute Gasteiger partial charge is 0.366 e. The number of carbonyl (C=O) groups excluding carboxylic acids is 1. The highest BCUT2D eigenvalue weighted by atomic mass is 19.3. The molecule has 2 heterocycles. The first kappa shape index (κ1) is 12.0. The number of piperidine rings is 1. The third kappa shape index (κ3) is 2.43. The topological polar surface area (TPSA) is 33.2 Å². The molecule has 17 heavy (non-hydrogen) atoms. The van der Waals surface area contributed by atoms with Crippen molar-refractivity contribution in [2.75, 3.05) is 13.1 Å². The van der Waals surface area contributed by atoms with Crippen LogP contribution >= 0.6 is 0 Å². The van der Waals surface area contributed by atoms with E-state index in [9.17, 15) is 13.6 Å². The summed E-state index contributed by atoms with van der Waals surface area (Å²) in [5, 5.41) is 0.